The maximum Gasteiger partial charge on any atom is 0.228 e. The number of nitrogens with zero attached hydrogens (tertiary/aromatic N) is 2. The first-order valence-electron chi connectivity index (χ1n) is 7.69. The maximum atomic E-state index is 12.5. The molecule has 122 valence electrons. The van der Waals surface area contributed by atoms with E-state index in [2.05, 4.69) is 22.4 Å². The summed E-state index contributed by atoms with van der Waals surface area (Å²) in [5, 5.41) is 4.11. The minimum absolute atomic E-state index is 0.0175. The van der Waals surface area contributed by atoms with Crippen molar-refractivity contribution in [3.8, 4) is 0 Å². The van der Waals surface area contributed by atoms with E-state index >= 15 is 0 Å². The zero-order chi connectivity index (χ0) is 16.4. The molecule has 1 atom stereocenters. The summed E-state index contributed by atoms with van der Waals surface area (Å²) in [6.07, 6.45) is 0.838. The van der Waals surface area contributed by atoms with E-state index in [1.165, 1.54) is 15.3 Å². The fourth-order valence-electron chi connectivity index (χ4n) is 2.64. The first-order valence-corrected chi connectivity index (χ1v) is 9.49. The first kappa shape index (κ1) is 16.3. The summed E-state index contributed by atoms with van der Waals surface area (Å²) in [4.78, 5) is 21.5. The largest absolute Gasteiger partial charge is 0.355 e. The second kappa shape index (κ2) is 6.93. The highest BCUT2D eigenvalue weighted by atomic mass is 32.2. The zero-order valence-electron chi connectivity index (χ0n) is 13.6. The third-order valence-corrected chi connectivity index (χ3v) is 6.50. The number of thioether (sulfide) groups is 1. The van der Waals surface area contributed by atoms with Crippen LogP contribution in [0.3, 0.4) is 0 Å². The second-order valence-corrected chi connectivity index (χ2v) is 7.97. The average molecular weight is 348 g/mol. The van der Waals surface area contributed by atoms with Gasteiger partial charge in [0.25, 0.3) is 0 Å². The molecule has 1 aliphatic heterocycles. The summed E-state index contributed by atoms with van der Waals surface area (Å²) < 4.78 is 0. The number of hydrogen-bond donors (Lipinski definition) is 1. The van der Waals surface area contributed by atoms with Crippen LogP contribution in [0.4, 0.5) is 5.13 Å². The topological polar surface area (TPSA) is 45.2 Å². The molecule has 0 bridgehead atoms. The number of aromatic nitrogens is 1. The van der Waals surface area contributed by atoms with E-state index in [4.69, 9.17) is 0 Å². The number of anilines is 1. The Labute approximate surface area is 145 Å². The van der Waals surface area contributed by atoms with Gasteiger partial charge >= 0.3 is 0 Å². The Morgan fingerprint density at radius 3 is 2.91 bits per heavy atom. The number of amides is 1. The molecule has 2 heterocycles. The SMILES string of the molecule is Cc1nc(N(C)C)sc1CCNC(=O)C1CSc2ccccc21. The van der Waals surface area contributed by atoms with Crippen molar-refractivity contribution in [3.05, 3.63) is 40.4 Å². The number of carbonyl (C=O) groups is 1. The van der Waals surface area contributed by atoms with Gasteiger partial charge < -0.3 is 10.2 Å². The number of nitrogens with one attached hydrogen (secondary N) is 1. The number of thiazole rings is 1. The number of carbonyl (C=O) groups excluding carboxylic acids is 1. The van der Waals surface area contributed by atoms with Gasteiger partial charge in [-0.1, -0.05) is 18.2 Å². The van der Waals surface area contributed by atoms with Crippen molar-refractivity contribution in [2.45, 2.75) is 24.2 Å². The van der Waals surface area contributed by atoms with E-state index in [1.807, 2.05) is 38.1 Å². The maximum absolute atomic E-state index is 12.5. The van der Waals surface area contributed by atoms with E-state index < -0.39 is 0 Å². The lowest BCUT2D eigenvalue weighted by atomic mass is 10.0. The molecule has 0 spiro atoms. The van der Waals surface area contributed by atoms with Gasteiger partial charge in [0.1, 0.15) is 0 Å². The molecule has 1 N–H and O–H groups in total. The van der Waals surface area contributed by atoms with Crippen molar-refractivity contribution < 1.29 is 4.79 Å². The number of hydrogen-bond acceptors (Lipinski definition) is 5. The van der Waals surface area contributed by atoms with Crippen molar-refractivity contribution in [1.82, 2.24) is 10.3 Å². The molecule has 6 heteroatoms. The van der Waals surface area contributed by atoms with Gasteiger partial charge in [0.05, 0.1) is 11.6 Å². The minimum Gasteiger partial charge on any atom is -0.355 e. The van der Waals surface area contributed by atoms with Gasteiger partial charge in [-0.15, -0.1) is 23.1 Å². The lowest BCUT2D eigenvalue weighted by Gasteiger charge is -2.11. The van der Waals surface area contributed by atoms with E-state index in [1.54, 1.807) is 23.1 Å². The lowest BCUT2D eigenvalue weighted by Crippen LogP contribution is -2.31. The summed E-state index contributed by atoms with van der Waals surface area (Å²) in [7, 11) is 4.00. The quantitative estimate of drug-likeness (QED) is 0.903. The summed E-state index contributed by atoms with van der Waals surface area (Å²) in [5.41, 5.74) is 2.23. The molecule has 1 aromatic heterocycles. The molecule has 0 saturated carbocycles. The summed E-state index contributed by atoms with van der Waals surface area (Å²) >= 11 is 3.47. The van der Waals surface area contributed by atoms with Gasteiger partial charge in [-0.3, -0.25) is 4.79 Å². The molecule has 1 aliphatic rings. The molecule has 0 radical (unpaired) electrons. The normalized spacial score (nSPS) is 16.2. The molecular weight excluding hydrogens is 326 g/mol. The number of fused-ring (bicyclic) bond motifs is 1. The van der Waals surface area contributed by atoms with Gasteiger partial charge in [0.2, 0.25) is 5.91 Å². The van der Waals surface area contributed by atoms with E-state index in [0.717, 1.165) is 23.0 Å². The standard InChI is InChI=1S/C17H21N3OS2/c1-11-14(23-17(19-11)20(2)3)8-9-18-16(21)13-10-22-15-7-5-4-6-12(13)15/h4-7,13H,8-10H2,1-3H3,(H,18,21). The van der Waals surface area contributed by atoms with Crippen LogP contribution in [0.15, 0.2) is 29.2 Å². The van der Waals surface area contributed by atoms with Crippen LogP contribution in [0.5, 0.6) is 0 Å². The lowest BCUT2D eigenvalue weighted by molar-refractivity contribution is -0.122. The number of benzene rings is 1. The smallest absolute Gasteiger partial charge is 0.228 e. The Hall–Kier alpha value is -1.53. The summed E-state index contributed by atoms with van der Waals surface area (Å²) in [5.74, 6) is 0.962. The fraction of sp³-hybridized carbons (Fsp3) is 0.412. The third kappa shape index (κ3) is 3.53. The van der Waals surface area contributed by atoms with Crippen molar-refractivity contribution in [2.75, 3.05) is 31.3 Å². The molecule has 4 nitrogen and oxygen atoms in total. The minimum atomic E-state index is -0.0175. The molecular formula is C17H21N3OS2. The van der Waals surface area contributed by atoms with E-state index in [0.29, 0.717) is 6.54 Å². The summed E-state index contributed by atoms with van der Waals surface area (Å²) in [6.45, 7) is 2.70. The molecule has 0 saturated heterocycles. The van der Waals surface area contributed by atoms with Gasteiger partial charge in [0, 0.05) is 42.6 Å². The Balaban J connectivity index is 1.56. The first-order chi connectivity index (χ1) is 11.1. The Morgan fingerprint density at radius 1 is 1.39 bits per heavy atom. The average Bonchev–Trinajstić information content (AvgIpc) is 3.11. The van der Waals surface area contributed by atoms with Gasteiger partial charge in [0.15, 0.2) is 5.13 Å². The predicted octanol–water partition coefficient (Wildman–Crippen LogP) is 3.07. The third-order valence-electron chi connectivity index (χ3n) is 3.93. The zero-order valence-corrected chi connectivity index (χ0v) is 15.3. The Kier molecular flexibility index (Phi) is 4.92. The van der Waals surface area contributed by atoms with E-state index in [9.17, 15) is 4.79 Å². The molecule has 23 heavy (non-hydrogen) atoms. The van der Waals surface area contributed by atoms with Crippen LogP contribution in [0.2, 0.25) is 0 Å². The molecule has 3 rings (SSSR count). The van der Waals surface area contributed by atoms with Crippen LogP contribution >= 0.6 is 23.1 Å². The molecule has 1 amide bonds. The molecule has 2 aromatic rings. The van der Waals surface area contributed by atoms with Crippen LogP contribution < -0.4 is 10.2 Å². The Morgan fingerprint density at radius 2 is 2.17 bits per heavy atom. The predicted molar refractivity (Wildman–Crippen MR) is 97.8 cm³/mol. The van der Waals surface area contributed by atoms with Crippen LogP contribution in [0.1, 0.15) is 22.1 Å². The van der Waals surface area contributed by atoms with Crippen molar-refractivity contribution >= 4 is 34.1 Å². The van der Waals surface area contributed by atoms with Gasteiger partial charge in [-0.2, -0.15) is 0 Å². The van der Waals surface area contributed by atoms with E-state index in [-0.39, 0.29) is 11.8 Å². The second-order valence-electron chi connectivity index (χ2n) is 5.84. The number of rotatable bonds is 5. The molecule has 0 aliphatic carbocycles. The molecule has 1 aromatic carbocycles. The van der Waals surface area contributed by atoms with Crippen LogP contribution in [0.25, 0.3) is 0 Å². The van der Waals surface area contributed by atoms with Crippen molar-refractivity contribution in [1.29, 1.82) is 0 Å². The van der Waals surface area contributed by atoms with Crippen molar-refractivity contribution in [3.63, 3.8) is 0 Å². The fourth-order valence-corrected chi connectivity index (χ4v) is 4.85. The molecule has 0 fully saturated rings. The van der Waals surface area contributed by atoms with Crippen LogP contribution in [-0.4, -0.2) is 37.3 Å². The van der Waals surface area contributed by atoms with Crippen LogP contribution in [0, 0.1) is 6.92 Å². The van der Waals surface area contributed by atoms with Gasteiger partial charge in [-0.05, 0) is 18.6 Å². The highest BCUT2D eigenvalue weighted by molar-refractivity contribution is 7.99. The van der Waals surface area contributed by atoms with Crippen molar-refractivity contribution in [2.24, 2.45) is 0 Å². The number of aryl methyl sites for hydroxylation is 1. The molecule has 1 unspecified atom stereocenters. The summed E-state index contributed by atoms with van der Waals surface area (Å²) in [6, 6.07) is 8.20. The monoisotopic (exact) mass is 347 g/mol. The highest BCUT2D eigenvalue weighted by Gasteiger charge is 2.28. The van der Waals surface area contributed by atoms with Gasteiger partial charge in [-0.25, -0.2) is 4.98 Å². The van der Waals surface area contributed by atoms with Crippen LogP contribution in [-0.2, 0) is 11.2 Å². The highest BCUT2D eigenvalue weighted by Crippen LogP contribution is 2.39. The Bertz CT molecular complexity index is 712.